The highest BCUT2D eigenvalue weighted by Crippen LogP contribution is 2.15. The third kappa shape index (κ3) is 3.24. The van der Waals surface area contributed by atoms with Crippen LogP contribution in [0.15, 0.2) is 35.2 Å². The van der Waals surface area contributed by atoms with Gasteiger partial charge in [0, 0.05) is 11.1 Å². The maximum atomic E-state index is 12.0. The Hall–Kier alpha value is -2.52. The van der Waals surface area contributed by atoms with Crippen LogP contribution in [0.3, 0.4) is 0 Å². The number of amides is 1. The lowest BCUT2D eigenvalue weighted by Crippen LogP contribution is -2.14. The van der Waals surface area contributed by atoms with Crippen molar-refractivity contribution in [1.82, 2.24) is 9.59 Å². The van der Waals surface area contributed by atoms with Crippen LogP contribution < -0.4 is 5.32 Å². The van der Waals surface area contributed by atoms with E-state index in [4.69, 9.17) is 5.26 Å². The van der Waals surface area contributed by atoms with Gasteiger partial charge in [-0.1, -0.05) is 22.7 Å². The lowest BCUT2D eigenvalue weighted by Gasteiger charge is -2.06. The molecule has 0 unspecified atom stereocenters. The average Bonchev–Trinajstić information content (AvgIpc) is 2.91. The molecule has 0 fully saturated rings. The van der Waals surface area contributed by atoms with Gasteiger partial charge in [0.15, 0.2) is 0 Å². The fourth-order valence-corrected chi connectivity index (χ4v) is 1.85. The van der Waals surface area contributed by atoms with Gasteiger partial charge in [-0.05, 0) is 36.2 Å². The molecular weight excluding hydrogens is 260 g/mol. The summed E-state index contributed by atoms with van der Waals surface area (Å²) in [7, 11) is 0. The zero-order valence-corrected chi connectivity index (χ0v) is 10.9. The third-order valence-electron chi connectivity index (χ3n) is 2.43. The molecule has 1 amide bonds. The largest absolute Gasteiger partial charge is 0.321 e. The van der Waals surface area contributed by atoms with Crippen molar-refractivity contribution in [2.24, 2.45) is 0 Å². The Morgan fingerprint density at radius 3 is 2.89 bits per heavy atom. The Morgan fingerprint density at radius 1 is 1.47 bits per heavy atom. The highest BCUT2D eigenvalue weighted by atomic mass is 32.1. The minimum Gasteiger partial charge on any atom is -0.321 e. The number of hydrogen-bond acceptors (Lipinski definition) is 5. The minimum atomic E-state index is -0.454. The number of carbonyl (C=O) groups excluding carboxylic acids is 1. The molecule has 0 saturated heterocycles. The van der Waals surface area contributed by atoms with Crippen molar-refractivity contribution in [1.29, 1.82) is 5.26 Å². The maximum Gasteiger partial charge on any atom is 0.266 e. The van der Waals surface area contributed by atoms with Gasteiger partial charge < -0.3 is 5.32 Å². The van der Waals surface area contributed by atoms with E-state index in [1.807, 2.05) is 31.2 Å². The van der Waals surface area contributed by atoms with Gasteiger partial charge in [0.25, 0.3) is 5.91 Å². The summed E-state index contributed by atoms with van der Waals surface area (Å²) in [4.78, 5) is 12.0. The molecule has 0 aliphatic rings. The summed E-state index contributed by atoms with van der Waals surface area (Å²) in [5, 5.41) is 17.2. The third-order valence-corrected chi connectivity index (χ3v) is 2.95. The molecule has 1 aromatic carbocycles. The summed E-state index contributed by atoms with van der Waals surface area (Å²) in [5.74, 6) is -0.454. The molecule has 6 heteroatoms. The van der Waals surface area contributed by atoms with Gasteiger partial charge in [-0.15, -0.1) is 5.10 Å². The lowest BCUT2D eigenvalue weighted by molar-refractivity contribution is -0.112. The second-order valence-corrected chi connectivity index (χ2v) is 4.38. The molecule has 1 N–H and O–H groups in total. The summed E-state index contributed by atoms with van der Waals surface area (Å²) >= 11 is 1.16. The van der Waals surface area contributed by atoms with Gasteiger partial charge in [-0.3, -0.25) is 4.79 Å². The average molecular weight is 270 g/mol. The number of nitrogens with one attached hydrogen (secondary N) is 1. The minimum absolute atomic E-state index is 0.00375. The maximum absolute atomic E-state index is 12.0. The predicted octanol–water partition coefficient (Wildman–Crippen LogP) is 2.39. The van der Waals surface area contributed by atoms with Crippen LogP contribution in [-0.4, -0.2) is 15.5 Å². The molecule has 2 aromatic rings. The standard InChI is InChI=1S/C13H10N4OS/c1-9-4-2-3-5-12(9)15-13(18)10(7-14)6-11-8-19-17-16-11/h2-6,8H,1H3,(H,15,18)/b10-6+. The number of rotatable bonds is 3. The number of para-hydroxylation sites is 1. The molecule has 5 nitrogen and oxygen atoms in total. The molecule has 0 aliphatic heterocycles. The Labute approximate surface area is 114 Å². The monoisotopic (exact) mass is 270 g/mol. The number of aryl methyl sites for hydroxylation is 1. The number of nitriles is 1. The van der Waals surface area contributed by atoms with Gasteiger partial charge in [0.1, 0.15) is 11.6 Å². The van der Waals surface area contributed by atoms with E-state index in [-0.39, 0.29) is 5.57 Å². The number of benzene rings is 1. The Morgan fingerprint density at radius 2 is 2.26 bits per heavy atom. The van der Waals surface area contributed by atoms with Crippen LogP contribution in [0.4, 0.5) is 5.69 Å². The predicted molar refractivity (Wildman–Crippen MR) is 73.3 cm³/mol. The lowest BCUT2D eigenvalue weighted by atomic mass is 10.2. The van der Waals surface area contributed by atoms with Gasteiger partial charge in [-0.25, -0.2) is 0 Å². The van der Waals surface area contributed by atoms with Gasteiger partial charge in [0.05, 0.1) is 5.69 Å². The van der Waals surface area contributed by atoms with E-state index in [1.54, 1.807) is 11.4 Å². The second kappa shape index (κ2) is 5.89. The van der Waals surface area contributed by atoms with Crippen molar-refractivity contribution in [3.8, 4) is 6.07 Å². The topological polar surface area (TPSA) is 78.7 Å². The molecule has 2 rings (SSSR count). The van der Waals surface area contributed by atoms with Crippen LogP contribution in [0.5, 0.6) is 0 Å². The van der Waals surface area contributed by atoms with E-state index in [9.17, 15) is 4.79 Å². The highest BCUT2D eigenvalue weighted by Gasteiger charge is 2.11. The van der Waals surface area contributed by atoms with E-state index in [0.29, 0.717) is 11.4 Å². The fourth-order valence-electron chi connectivity index (χ4n) is 1.43. The molecule has 94 valence electrons. The first-order chi connectivity index (χ1) is 9.20. The van der Waals surface area contributed by atoms with E-state index in [1.165, 1.54) is 6.08 Å². The summed E-state index contributed by atoms with van der Waals surface area (Å²) in [6.07, 6.45) is 1.41. The van der Waals surface area contributed by atoms with Gasteiger partial charge in [-0.2, -0.15) is 5.26 Å². The Bertz CT molecular complexity index is 656. The van der Waals surface area contributed by atoms with Crippen molar-refractivity contribution in [3.05, 3.63) is 46.5 Å². The van der Waals surface area contributed by atoms with Crippen LogP contribution in [0.1, 0.15) is 11.3 Å². The molecule has 1 heterocycles. The number of anilines is 1. The Balaban J connectivity index is 2.19. The van der Waals surface area contributed by atoms with Crippen molar-refractivity contribution in [3.63, 3.8) is 0 Å². The summed E-state index contributed by atoms with van der Waals surface area (Å²) in [5.41, 5.74) is 2.12. The second-order valence-electron chi connectivity index (χ2n) is 3.77. The van der Waals surface area contributed by atoms with E-state index in [0.717, 1.165) is 17.1 Å². The molecule has 0 radical (unpaired) electrons. The molecule has 0 atom stereocenters. The molecule has 1 aromatic heterocycles. The number of aromatic nitrogens is 2. The summed E-state index contributed by atoms with van der Waals surface area (Å²) < 4.78 is 3.67. The van der Waals surface area contributed by atoms with Crippen LogP contribution in [0.2, 0.25) is 0 Å². The molecular formula is C13H10N4OS. The molecule has 0 bridgehead atoms. The normalized spacial score (nSPS) is 10.8. The van der Waals surface area contributed by atoms with E-state index in [2.05, 4.69) is 14.9 Å². The summed E-state index contributed by atoms with van der Waals surface area (Å²) in [6.45, 7) is 1.88. The number of hydrogen-bond donors (Lipinski definition) is 1. The molecule has 0 spiro atoms. The number of nitrogens with zero attached hydrogens (tertiary/aromatic N) is 3. The first-order valence-corrected chi connectivity index (χ1v) is 6.30. The van der Waals surface area contributed by atoms with Crippen LogP contribution in [-0.2, 0) is 4.79 Å². The van der Waals surface area contributed by atoms with Crippen molar-refractivity contribution in [2.45, 2.75) is 6.92 Å². The first-order valence-electron chi connectivity index (χ1n) is 5.46. The molecule has 0 aliphatic carbocycles. The first kappa shape index (κ1) is 12.9. The molecule has 19 heavy (non-hydrogen) atoms. The highest BCUT2D eigenvalue weighted by molar-refractivity contribution is 7.03. The fraction of sp³-hybridized carbons (Fsp3) is 0.0769. The van der Waals surface area contributed by atoms with Crippen molar-refractivity contribution < 1.29 is 4.79 Å². The van der Waals surface area contributed by atoms with E-state index >= 15 is 0 Å². The van der Waals surface area contributed by atoms with Crippen molar-refractivity contribution >= 4 is 29.2 Å². The van der Waals surface area contributed by atoms with E-state index < -0.39 is 5.91 Å². The van der Waals surface area contributed by atoms with Gasteiger partial charge >= 0.3 is 0 Å². The SMILES string of the molecule is Cc1ccccc1NC(=O)/C(C#N)=C/c1csnn1. The number of carbonyl (C=O) groups is 1. The Kier molecular flexibility index (Phi) is 4.00. The van der Waals surface area contributed by atoms with Crippen molar-refractivity contribution in [2.75, 3.05) is 5.32 Å². The smallest absolute Gasteiger partial charge is 0.266 e. The van der Waals surface area contributed by atoms with Crippen LogP contribution in [0.25, 0.3) is 6.08 Å². The zero-order valence-electron chi connectivity index (χ0n) is 10.1. The zero-order chi connectivity index (χ0) is 13.7. The van der Waals surface area contributed by atoms with Crippen LogP contribution >= 0.6 is 11.5 Å². The molecule has 0 saturated carbocycles. The summed E-state index contributed by atoms with van der Waals surface area (Å²) in [6, 6.07) is 9.24. The van der Waals surface area contributed by atoms with Crippen LogP contribution in [0, 0.1) is 18.3 Å². The quantitative estimate of drug-likeness (QED) is 0.686. The van der Waals surface area contributed by atoms with Gasteiger partial charge in [0.2, 0.25) is 0 Å².